The van der Waals surface area contributed by atoms with E-state index in [9.17, 15) is 18.0 Å². The Hall–Kier alpha value is -3.36. The number of halogens is 3. The number of pyridine rings is 1. The molecule has 1 aliphatic rings. The highest BCUT2D eigenvalue weighted by atomic mass is 19.4. The van der Waals surface area contributed by atoms with Crippen molar-refractivity contribution in [1.82, 2.24) is 14.8 Å². The largest absolute Gasteiger partial charge is 0.410 e. The van der Waals surface area contributed by atoms with Gasteiger partial charge in [0, 0.05) is 12.6 Å². The van der Waals surface area contributed by atoms with Crippen molar-refractivity contribution in [3.8, 4) is 0 Å². The Morgan fingerprint density at radius 1 is 1.21 bits per heavy atom. The predicted octanol–water partition coefficient (Wildman–Crippen LogP) is 4.50. The number of benzene rings is 1. The van der Waals surface area contributed by atoms with E-state index in [4.69, 9.17) is 0 Å². The van der Waals surface area contributed by atoms with Crippen molar-refractivity contribution in [2.24, 2.45) is 0 Å². The fourth-order valence-electron chi connectivity index (χ4n) is 3.38. The smallest absolute Gasteiger partial charge is 0.363 e. The number of amides is 1. The quantitative estimate of drug-likeness (QED) is 0.678. The topological polar surface area (TPSA) is 71.8 Å². The van der Waals surface area contributed by atoms with Gasteiger partial charge in [-0.3, -0.25) is 9.78 Å². The standard InChI is InChI=1S/C20H18F3N5O/c1-12-4-6-13(7-5-12)16-9-17(20(21,22)23)28-18(27-16)15(11-25-28)19(29)26-14-3-2-8-24-10-14/h2-8,10-11,16-17,27H,9H2,1H3,(H,26,29). The molecule has 29 heavy (non-hydrogen) atoms. The maximum Gasteiger partial charge on any atom is 0.410 e. The van der Waals surface area contributed by atoms with Gasteiger partial charge in [-0.2, -0.15) is 18.3 Å². The van der Waals surface area contributed by atoms with Crippen molar-refractivity contribution in [3.63, 3.8) is 0 Å². The molecule has 1 amide bonds. The average molecular weight is 401 g/mol. The molecule has 2 unspecified atom stereocenters. The molecule has 0 bridgehead atoms. The molecule has 6 nitrogen and oxygen atoms in total. The normalized spacial score (nSPS) is 18.6. The van der Waals surface area contributed by atoms with Crippen molar-refractivity contribution < 1.29 is 18.0 Å². The van der Waals surface area contributed by atoms with Crippen LogP contribution in [0.15, 0.2) is 55.0 Å². The summed E-state index contributed by atoms with van der Waals surface area (Å²) >= 11 is 0. The van der Waals surface area contributed by atoms with Crippen LogP contribution >= 0.6 is 0 Å². The van der Waals surface area contributed by atoms with Gasteiger partial charge in [0.15, 0.2) is 6.04 Å². The highest BCUT2D eigenvalue weighted by Crippen LogP contribution is 2.44. The number of nitrogens with zero attached hydrogens (tertiary/aromatic N) is 3. The molecule has 1 aromatic carbocycles. The molecular formula is C20H18F3N5O. The lowest BCUT2D eigenvalue weighted by Gasteiger charge is -2.34. The van der Waals surface area contributed by atoms with Crippen LogP contribution in [0, 0.1) is 6.92 Å². The van der Waals surface area contributed by atoms with Gasteiger partial charge in [0.2, 0.25) is 0 Å². The van der Waals surface area contributed by atoms with Crippen LogP contribution in [0.1, 0.15) is 40.0 Å². The Bertz CT molecular complexity index is 1010. The fourth-order valence-corrected chi connectivity index (χ4v) is 3.38. The molecule has 0 radical (unpaired) electrons. The van der Waals surface area contributed by atoms with Gasteiger partial charge in [0.25, 0.3) is 5.91 Å². The van der Waals surface area contributed by atoms with Crippen LogP contribution in [0.2, 0.25) is 0 Å². The first-order chi connectivity index (χ1) is 13.8. The number of aryl methyl sites for hydroxylation is 1. The second-order valence-electron chi connectivity index (χ2n) is 6.95. The zero-order valence-corrected chi connectivity index (χ0v) is 15.4. The van der Waals surface area contributed by atoms with Crippen LogP contribution < -0.4 is 10.6 Å². The van der Waals surface area contributed by atoms with Crippen molar-refractivity contribution in [2.45, 2.75) is 31.6 Å². The van der Waals surface area contributed by atoms with Crippen LogP contribution in [-0.2, 0) is 0 Å². The number of carbonyl (C=O) groups is 1. The minimum atomic E-state index is -4.50. The summed E-state index contributed by atoms with van der Waals surface area (Å²) in [6, 6.07) is 8.14. The van der Waals surface area contributed by atoms with E-state index in [-0.39, 0.29) is 17.8 Å². The molecule has 3 aromatic rings. The van der Waals surface area contributed by atoms with Crippen LogP contribution in [-0.4, -0.2) is 26.8 Å². The molecule has 3 heterocycles. The molecule has 4 rings (SSSR count). The summed E-state index contributed by atoms with van der Waals surface area (Å²) in [6.07, 6.45) is -0.549. The summed E-state index contributed by atoms with van der Waals surface area (Å²) < 4.78 is 42.0. The lowest BCUT2D eigenvalue weighted by Crippen LogP contribution is -2.36. The van der Waals surface area contributed by atoms with Crippen molar-refractivity contribution in [1.29, 1.82) is 0 Å². The third kappa shape index (κ3) is 3.80. The van der Waals surface area contributed by atoms with Crippen molar-refractivity contribution >= 4 is 17.4 Å². The number of hydrogen-bond donors (Lipinski definition) is 2. The third-order valence-electron chi connectivity index (χ3n) is 4.88. The van der Waals surface area contributed by atoms with Crippen molar-refractivity contribution in [3.05, 3.63) is 71.7 Å². The number of aromatic nitrogens is 3. The molecule has 1 aliphatic heterocycles. The molecule has 0 saturated heterocycles. The summed E-state index contributed by atoms with van der Waals surface area (Å²) in [5.74, 6) is -0.511. The van der Waals surface area contributed by atoms with Gasteiger partial charge in [-0.1, -0.05) is 29.8 Å². The number of hydrogen-bond acceptors (Lipinski definition) is 4. The number of carbonyl (C=O) groups excluding carboxylic acids is 1. The number of anilines is 2. The highest BCUT2D eigenvalue weighted by molar-refractivity contribution is 6.07. The van der Waals surface area contributed by atoms with Gasteiger partial charge in [-0.05, 0) is 24.6 Å². The summed E-state index contributed by atoms with van der Waals surface area (Å²) in [5.41, 5.74) is 2.21. The maximum absolute atomic E-state index is 13.7. The molecule has 0 aliphatic carbocycles. The predicted molar refractivity (Wildman–Crippen MR) is 102 cm³/mol. The Morgan fingerprint density at radius 2 is 1.97 bits per heavy atom. The summed E-state index contributed by atoms with van der Waals surface area (Å²) in [6.45, 7) is 1.91. The molecule has 0 spiro atoms. The van der Waals surface area contributed by atoms with Gasteiger partial charge in [0.1, 0.15) is 11.4 Å². The molecule has 2 atom stereocenters. The van der Waals surface area contributed by atoms with Crippen LogP contribution in [0.3, 0.4) is 0 Å². The van der Waals surface area contributed by atoms with E-state index in [0.29, 0.717) is 5.69 Å². The third-order valence-corrected chi connectivity index (χ3v) is 4.88. The van der Waals surface area contributed by atoms with Crippen LogP contribution in [0.4, 0.5) is 24.7 Å². The highest BCUT2D eigenvalue weighted by Gasteiger charge is 2.47. The van der Waals surface area contributed by atoms with Crippen LogP contribution in [0.5, 0.6) is 0 Å². The van der Waals surface area contributed by atoms with E-state index in [1.54, 1.807) is 30.5 Å². The minimum absolute atomic E-state index is 0.0416. The zero-order chi connectivity index (χ0) is 20.6. The van der Waals surface area contributed by atoms with Gasteiger partial charge in [-0.15, -0.1) is 0 Å². The first-order valence-electron chi connectivity index (χ1n) is 9.01. The molecule has 2 aromatic heterocycles. The molecule has 0 fully saturated rings. The maximum atomic E-state index is 13.7. The lowest BCUT2D eigenvalue weighted by atomic mass is 9.96. The first-order valence-corrected chi connectivity index (χ1v) is 9.01. The van der Waals surface area contributed by atoms with Crippen molar-refractivity contribution in [2.75, 3.05) is 10.6 Å². The Labute approximate surface area is 164 Å². The van der Waals surface area contributed by atoms with E-state index in [0.717, 1.165) is 22.0 Å². The molecular weight excluding hydrogens is 383 g/mol. The molecule has 150 valence electrons. The summed E-state index contributed by atoms with van der Waals surface area (Å²) in [5, 5.41) is 9.58. The Kier molecular flexibility index (Phi) is 4.73. The summed E-state index contributed by atoms with van der Waals surface area (Å²) in [4.78, 5) is 16.6. The van der Waals surface area contributed by atoms with Gasteiger partial charge in [-0.25, -0.2) is 4.68 Å². The average Bonchev–Trinajstić information content (AvgIpc) is 3.12. The van der Waals surface area contributed by atoms with E-state index in [1.165, 1.54) is 6.20 Å². The molecule has 9 heteroatoms. The van der Waals surface area contributed by atoms with E-state index >= 15 is 0 Å². The van der Waals surface area contributed by atoms with Gasteiger partial charge in [0.05, 0.1) is 24.1 Å². The zero-order valence-electron chi connectivity index (χ0n) is 15.4. The lowest BCUT2D eigenvalue weighted by molar-refractivity contribution is -0.173. The molecule has 0 saturated carbocycles. The minimum Gasteiger partial charge on any atom is -0.363 e. The first kappa shape index (κ1) is 19.0. The van der Waals surface area contributed by atoms with E-state index in [1.807, 2.05) is 19.1 Å². The second-order valence-corrected chi connectivity index (χ2v) is 6.95. The Morgan fingerprint density at radius 3 is 2.62 bits per heavy atom. The second kappa shape index (κ2) is 7.23. The molecule has 2 N–H and O–H groups in total. The monoisotopic (exact) mass is 401 g/mol. The number of alkyl halides is 3. The van der Waals surface area contributed by atoms with Crippen LogP contribution in [0.25, 0.3) is 0 Å². The van der Waals surface area contributed by atoms with Gasteiger partial charge < -0.3 is 10.6 Å². The summed E-state index contributed by atoms with van der Waals surface area (Å²) in [7, 11) is 0. The fraction of sp³-hybridized carbons (Fsp3) is 0.250. The van der Waals surface area contributed by atoms with E-state index in [2.05, 4.69) is 20.7 Å². The van der Waals surface area contributed by atoms with E-state index < -0.39 is 24.2 Å². The van der Waals surface area contributed by atoms with Gasteiger partial charge >= 0.3 is 6.18 Å². The SMILES string of the molecule is Cc1ccc(C2CC(C(F)(F)F)n3ncc(C(=O)Nc4cccnc4)c3N2)cc1. The number of rotatable bonds is 3. The Balaban J connectivity index is 1.69. The number of fused-ring (bicyclic) bond motifs is 1. The number of nitrogens with one attached hydrogen (secondary N) is 2.